The maximum absolute atomic E-state index is 11.5. The van der Waals surface area contributed by atoms with Gasteiger partial charge in [-0.15, -0.1) is 0 Å². The van der Waals surface area contributed by atoms with E-state index in [0.717, 1.165) is 33.4 Å². The van der Waals surface area contributed by atoms with Crippen molar-refractivity contribution in [2.24, 2.45) is 0 Å². The van der Waals surface area contributed by atoms with Gasteiger partial charge in [0.05, 0.1) is 27.4 Å². The minimum absolute atomic E-state index is 0. The highest BCUT2D eigenvalue weighted by Crippen LogP contribution is 2.32. The van der Waals surface area contributed by atoms with Crippen LogP contribution >= 0.6 is 27.0 Å². The van der Waals surface area contributed by atoms with Gasteiger partial charge in [-0.05, 0) is 73.2 Å². The fraction of sp³-hybridized carbons (Fsp3) is 0.368. The fourth-order valence-corrected chi connectivity index (χ4v) is 5.23. The standard InChI is InChI=1S/C38H46N4O10.2H2S/c1-23-27(19-51-31-15-13-25(33(41-31)49-5)17-39-37(3,21-43)35(45)46)9-7-11-29(23)30-12-8-10-28(24(30)2)20-52-32-16-14-26(34(42-32)50-6)18-40-38(4,22-44)36(47)48;;/h7-16,39-40,43-44H,17-22H2,1-6H3,(H,45,46)(H,47,48);2*1H2/t37-,38-;;/m0../s1. The van der Waals surface area contributed by atoms with Gasteiger partial charge in [0.2, 0.25) is 23.5 Å². The molecule has 54 heavy (non-hydrogen) atoms. The number of carbonyl (C=O) groups is 2. The lowest BCUT2D eigenvalue weighted by atomic mass is 9.92. The van der Waals surface area contributed by atoms with Gasteiger partial charge in [-0.1, -0.05) is 36.4 Å². The van der Waals surface area contributed by atoms with Crippen LogP contribution in [-0.2, 0) is 35.9 Å². The van der Waals surface area contributed by atoms with Crippen LogP contribution in [0.5, 0.6) is 23.5 Å². The van der Waals surface area contributed by atoms with Crippen molar-refractivity contribution in [1.82, 2.24) is 20.6 Å². The van der Waals surface area contributed by atoms with E-state index in [1.54, 1.807) is 24.3 Å². The van der Waals surface area contributed by atoms with Crippen LogP contribution in [0, 0.1) is 13.8 Å². The normalized spacial score (nSPS) is 13.0. The first kappa shape index (κ1) is 45.6. The van der Waals surface area contributed by atoms with Crippen LogP contribution in [0.3, 0.4) is 0 Å². The van der Waals surface area contributed by atoms with E-state index in [1.165, 1.54) is 28.1 Å². The average molecular weight is 787 g/mol. The molecule has 0 spiro atoms. The van der Waals surface area contributed by atoms with Crippen LogP contribution in [0.1, 0.15) is 47.2 Å². The largest absolute Gasteiger partial charge is 0.481 e. The van der Waals surface area contributed by atoms with Crippen molar-refractivity contribution in [3.8, 4) is 34.6 Å². The number of rotatable bonds is 19. The number of aliphatic hydroxyl groups excluding tert-OH is 2. The number of benzene rings is 2. The predicted molar refractivity (Wildman–Crippen MR) is 212 cm³/mol. The fourth-order valence-electron chi connectivity index (χ4n) is 5.23. The molecule has 0 radical (unpaired) electrons. The summed E-state index contributed by atoms with van der Waals surface area (Å²) in [7, 11) is 2.94. The van der Waals surface area contributed by atoms with Gasteiger partial charge < -0.3 is 39.4 Å². The highest BCUT2D eigenvalue weighted by Gasteiger charge is 2.33. The number of aliphatic carboxylic acids is 2. The first-order chi connectivity index (χ1) is 24.8. The lowest BCUT2D eigenvalue weighted by molar-refractivity contribution is -0.146. The summed E-state index contributed by atoms with van der Waals surface area (Å²) in [5, 5.41) is 43.6. The quantitative estimate of drug-likeness (QED) is 0.0796. The SMILES string of the molecule is COc1nc(OCc2cccc(-c3cccc(COc4ccc(CN[C@@](C)(CO)C(=O)O)c(OC)n4)c3C)c2C)ccc1CN[C@@](C)(CO)C(=O)O.S.S. The highest BCUT2D eigenvalue weighted by atomic mass is 32.1. The van der Waals surface area contributed by atoms with E-state index < -0.39 is 36.2 Å². The van der Waals surface area contributed by atoms with Crippen LogP contribution in [-0.4, -0.2) is 80.8 Å². The minimum Gasteiger partial charge on any atom is -0.481 e. The first-order valence-corrected chi connectivity index (χ1v) is 16.5. The molecule has 4 aromatic rings. The number of pyridine rings is 2. The predicted octanol–water partition coefficient (Wildman–Crippen LogP) is 4.01. The second-order valence-electron chi connectivity index (χ2n) is 12.7. The van der Waals surface area contributed by atoms with Gasteiger partial charge >= 0.3 is 11.9 Å². The highest BCUT2D eigenvalue weighted by molar-refractivity contribution is 7.59. The Kier molecular flexibility index (Phi) is 17.0. The Morgan fingerprint density at radius 3 is 1.31 bits per heavy atom. The van der Waals surface area contributed by atoms with E-state index in [9.17, 15) is 30.0 Å². The molecule has 0 fully saturated rings. The van der Waals surface area contributed by atoms with Gasteiger partial charge in [-0.25, -0.2) is 0 Å². The molecule has 4 rings (SSSR count). The zero-order chi connectivity index (χ0) is 38.1. The van der Waals surface area contributed by atoms with Crippen molar-refractivity contribution in [2.75, 3.05) is 27.4 Å². The molecule has 2 heterocycles. The van der Waals surface area contributed by atoms with Crippen LogP contribution in [0.2, 0.25) is 0 Å². The second-order valence-corrected chi connectivity index (χ2v) is 12.7. The van der Waals surface area contributed by atoms with Crippen molar-refractivity contribution in [2.45, 2.75) is 65.1 Å². The third-order valence-electron chi connectivity index (χ3n) is 9.06. The maximum atomic E-state index is 11.5. The summed E-state index contributed by atoms with van der Waals surface area (Å²) < 4.78 is 23.0. The van der Waals surface area contributed by atoms with Gasteiger partial charge in [0.25, 0.3) is 0 Å². The number of aliphatic hydroxyl groups is 2. The molecular weight excluding hydrogens is 737 g/mol. The molecule has 0 aliphatic carbocycles. The number of carboxylic acid groups (broad SMARTS) is 2. The minimum atomic E-state index is -1.51. The van der Waals surface area contributed by atoms with Gasteiger partial charge in [-0.2, -0.15) is 37.0 Å². The van der Waals surface area contributed by atoms with Gasteiger partial charge in [0.15, 0.2) is 0 Å². The van der Waals surface area contributed by atoms with Crippen molar-refractivity contribution >= 4 is 38.9 Å². The molecular formula is C38H50N4O10S2. The maximum Gasteiger partial charge on any atom is 0.326 e. The number of carboxylic acids is 2. The van der Waals surface area contributed by atoms with Crippen LogP contribution in [0.15, 0.2) is 60.7 Å². The number of nitrogens with one attached hydrogen (secondary N) is 2. The Balaban J connectivity index is 0.00000504. The lowest BCUT2D eigenvalue weighted by Crippen LogP contribution is -2.52. The Hall–Kier alpha value is -4.58. The summed E-state index contributed by atoms with van der Waals surface area (Å²) >= 11 is 0. The topological polar surface area (TPSA) is 202 Å². The Bertz CT molecular complexity index is 1760. The number of hydrogen-bond acceptors (Lipinski definition) is 12. The number of hydrogen-bond donors (Lipinski definition) is 6. The second kappa shape index (κ2) is 20.2. The molecule has 0 aliphatic heterocycles. The molecule has 0 bridgehead atoms. The van der Waals surface area contributed by atoms with Crippen molar-refractivity contribution in [1.29, 1.82) is 0 Å². The smallest absolute Gasteiger partial charge is 0.326 e. The Morgan fingerprint density at radius 2 is 1.00 bits per heavy atom. The molecule has 6 N–H and O–H groups in total. The Morgan fingerprint density at radius 1 is 0.630 bits per heavy atom. The molecule has 0 aliphatic rings. The van der Waals surface area contributed by atoms with E-state index in [4.69, 9.17) is 18.9 Å². The van der Waals surface area contributed by atoms with E-state index >= 15 is 0 Å². The molecule has 2 atom stereocenters. The van der Waals surface area contributed by atoms with Crippen molar-refractivity contribution < 1.29 is 49.0 Å². The van der Waals surface area contributed by atoms with Crippen LogP contribution < -0.4 is 29.6 Å². The molecule has 0 unspecified atom stereocenters. The van der Waals surface area contributed by atoms with Gasteiger partial charge in [-0.3, -0.25) is 20.2 Å². The number of ether oxygens (including phenoxy) is 4. The summed E-state index contributed by atoms with van der Waals surface area (Å²) in [4.78, 5) is 32.0. The Labute approximate surface area is 328 Å². The monoisotopic (exact) mass is 786 g/mol. The third-order valence-corrected chi connectivity index (χ3v) is 9.06. The average Bonchev–Trinajstić information content (AvgIpc) is 3.15. The van der Waals surface area contributed by atoms with E-state index in [2.05, 4.69) is 32.7 Å². The van der Waals surface area contributed by atoms with Crippen molar-refractivity contribution in [3.05, 3.63) is 94.0 Å². The first-order valence-electron chi connectivity index (χ1n) is 16.5. The van der Waals surface area contributed by atoms with Crippen LogP contribution in [0.25, 0.3) is 11.1 Å². The molecule has 294 valence electrons. The van der Waals surface area contributed by atoms with Gasteiger partial charge in [0.1, 0.15) is 24.3 Å². The molecule has 2 aromatic heterocycles. The van der Waals surface area contributed by atoms with E-state index in [0.29, 0.717) is 22.9 Å². The zero-order valence-corrected chi connectivity index (χ0v) is 33.1. The number of methoxy groups -OCH3 is 2. The summed E-state index contributed by atoms with van der Waals surface area (Å²) in [5.74, 6) is -1.12. The number of nitrogens with zero attached hydrogens (tertiary/aromatic N) is 2. The third kappa shape index (κ3) is 10.8. The van der Waals surface area contributed by atoms with Gasteiger partial charge in [0, 0.05) is 36.3 Å². The van der Waals surface area contributed by atoms with E-state index in [-0.39, 0.29) is 65.1 Å². The molecule has 16 heteroatoms. The van der Waals surface area contributed by atoms with Crippen LogP contribution in [0.4, 0.5) is 0 Å². The summed E-state index contributed by atoms with van der Waals surface area (Å²) in [6.45, 7) is 6.41. The van der Waals surface area contributed by atoms with E-state index in [1.807, 2.05) is 38.1 Å². The van der Waals surface area contributed by atoms with Crippen molar-refractivity contribution in [3.63, 3.8) is 0 Å². The molecule has 0 saturated carbocycles. The summed E-state index contributed by atoms with van der Waals surface area (Å²) in [5.41, 5.74) is 4.24. The number of aromatic nitrogens is 2. The lowest BCUT2D eigenvalue weighted by Gasteiger charge is -2.24. The summed E-state index contributed by atoms with van der Waals surface area (Å²) in [6.07, 6.45) is 0. The molecule has 14 nitrogen and oxygen atoms in total. The summed E-state index contributed by atoms with van der Waals surface area (Å²) in [6, 6.07) is 18.9. The zero-order valence-electron chi connectivity index (χ0n) is 31.1. The molecule has 0 amide bonds. The molecule has 2 aromatic carbocycles. The molecule has 0 saturated heterocycles.